The Labute approximate surface area is 157 Å². The van der Waals surface area contributed by atoms with E-state index in [0.29, 0.717) is 37.0 Å². The molecule has 2 atom stereocenters. The molecule has 2 saturated heterocycles. The second kappa shape index (κ2) is 6.13. The second-order valence-corrected chi connectivity index (χ2v) is 9.51. The van der Waals surface area contributed by atoms with E-state index in [9.17, 15) is 13.2 Å². The quantitative estimate of drug-likeness (QED) is 0.704. The molecule has 10 nitrogen and oxygen atoms in total. The number of hydrogen-bond donors (Lipinski definition) is 0. The number of hydrogen-bond acceptors (Lipinski definition) is 7. The predicted molar refractivity (Wildman–Crippen MR) is 94.3 cm³/mol. The Morgan fingerprint density at radius 1 is 1.37 bits per heavy atom. The highest BCUT2D eigenvalue weighted by molar-refractivity contribution is 7.89. The lowest BCUT2D eigenvalue weighted by Gasteiger charge is -2.25. The molecule has 0 unspecified atom stereocenters. The highest BCUT2D eigenvalue weighted by Gasteiger charge is 2.59. The Kier molecular flexibility index (Phi) is 4.11. The van der Waals surface area contributed by atoms with Gasteiger partial charge in [-0.25, -0.2) is 12.7 Å². The number of aryl methyl sites for hydroxylation is 2. The van der Waals surface area contributed by atoms with Crippen LogP contribution < -0.4 is 0 Å². The summed E-state index contributed by atoms with van der Waals surface area (Å²) in [6.07, 6.45) is 1.72. The summed E-state index contributed by atoms with van der Waals surface area (Å²) in [4.78, 5) is 18.9. The van der Waals surface area contributed by atoms with Gasteiger partial charge in [-0.15, -0.1) is 0 Å². The summed E-state index contributed by atoms with van der Waals surface area (Å²) >= 11 is 0. The third-order valence-electron chi connectivity index (χ3n) is 5.51. The topological polar surface area (TPSA) is 114 Å². The van der Waals surface area contributed by atoms with Gasteiger partial charge in [0.05, 0.1) is 11.2 Å². The van der Waals surface area contributed by atoms with Crippen LogP contribution in [0.4, 0.5) is 0 Å². The number of aromatic nitrogens is 4. The molecule has 0 N–H and O–H groups in total. The predicted octanol–water partition coefficient (Wildman–Crippen LogP) is -0.213. The molecule has 2 aromatic rings. The molecule has 0 radical (unpaired) electrons. The summed E-state index contributed by atoms with van der Waals surface area (Å²) in [6.45, 7) is 4.67. The van der Waals surface area contributed by atoms with E-state index in [1.807, 2.05) is 0 Å². The van der Waals surface area contributed by atoms with Crippen LogP contribution in [-0.4, -0.2) is 75.4 Å². The van der Waals surface area contributed by atoms with Crippen LogP contribution in [0.5, 0.6) is 0 Å². The molecule has 1 amide bonds. The average molecular weight is 394 g/mol. The molecule has 4 rings (SSSR count). The van der Waals surface area contributed by atoms with Gasteiger partial charge in [-0.3, -0.25) is 9.48 Å². The van der Waals surface area contributed by atoms with Crippen LogP contribution in [0.2, 0.25) is 0 Å². The van der Waals surface area contributed by atoms with Crippen molar-refractivity contribution in [1.29, 1.82) is 0 Å². The van der Waals surface area contributed by atoms with Crippen molar-refractivity contribution in [1.82, 2.24) is 29.1 Å². The van der Waals surface area contributed by atoms with Crippen molar-refractivity contribution >= 4 is 15.9 Å². The Bertz CT molecular complexity index is 983. The van der Waals surface area contributed by atoms with Gasteiger partial charge in [-0.2, -0.15) is 10.1 Å². The third kappa shape index (κ3) is 2.85. The molecule has 2 aliphatic heterocycles. The number of carbonyl (C=O) groups excluding carboxylic acids is 1. The van der Waals surface area contributed by atoms with Crippen molar-refractivity contribution in [3.8, 4) is 0 Å². The monoisotopic (exact) mass is 394 g/mol. The van der Waals surface area contributed by atoms with E-state index in [1.165, 1.54) is 4.31 Å². The van der Waals surface area contributed by atoms with Crippen LogP contribution in [0.25, 0.3) is 0 Å². The van der Waals surface area contributed by atoms with Crippen LogP contribution in [0.15, 0.2) is 16.8 Å². The summed E-state index contributed by atoms with van der Waals surface area (Å²) in [5.74, 6) is 0.645. The summed E-state index contributed by atoms with van der Waals surface area (Å²) in [5, 5.41) is 8.07. The lowest BCUT2D eigenvalue weighted by atomic mass is 9.81. The lowest BCUT2D eigenvalue weighted by Crippen LogP contribution is -2.41. The fourth-order valence-corrected chi connectivity index (χ4v) is 5.26. The van der Waals surface area contributed by atoms with Gasteiger partial charge in [0, 0.05) is 45.3 Å². The van der Waals surface area contributed by atoms with Gasteiger partial charge in [0.25, 0.3) is 5.91 Å². The molecular weight excluding hydrogens is 372 g/mol. The Balaban J connectivity index is 1.67. The van der Waals surface area contributed by atoms with E-state index in [-0.39, 0.29) is 24.1 Å². The molecular formula is C16H22N6O4S. The maximum Gasteiger partial charge on any atom is 0.274 e. The van der Waals surface area contributed by atoms with Gasteiger partial charge >= 0.3 is 0 Å². The number of nitrogens with zero attached hydrogens (tertiary/aromatic N) is 6. The molecule has 0 saturated carbocycles. The standard InChI is InChI=1S/C16H22N6O4S/c1-4-27(24,25)22-8-12-7-21(14(23)13-5-6-20(3)18-13)9-16(12,10-22)15-17-11(2)19-26-15/h5-6,12H,4,7-10H2,1-3H3/t12-,16-/m0/s1. The SMILES string of the molecule is CCS(=O)(=O)N1C[C@@H]2CN(C(=O)c3ccn(C)n3)C[C@]2(c2nc(C)no2)C1. The Morgan fingerprint density at radius 3 is 2.74 bits per heavy atom. The fourth-order valence-electron chi connectivity index (χ4n) is 4.06. The number of sulfonamides is 1. The maximum atomic E-state index is 12.9. The molecule has 2 aromatic heterocycles. The zero-order valence-electron chi connectivity index (χ0n) is 15.5. The summed E-state index contributed by atoms with van der Waals surface area (Å²) in [5.41, 5.74) is -0.319. The van der Waals surface area contributed by atoms with Gasteiger partial charge < -0.3 is 9.42 Å². The smallest absolute Gasteiger partial charge is 0.274 e. The number of carbonyl (C=O) groups is 1. The zero-order valence-corrected chi connectivity index (χ0v) is 16.3. The minimum atomic E-state index is -3.34. The van der Waals surface area contributed by atoms with Crippen LogP contribution in [0, 0.1) is 12.8 Å². The number of fused-ring (bicyclic) bond motifs is 1. The van der Waals surface area contributed by atoms with Gasteiger partial charge in [-0.1, -0.05) is 5.16 Å². The first-order chi connectivity index (χ1) is 12.7. The molecule has 4 heterocycles. The Hall–Kier alpha value is -2.27. The number of likely N-dealkylation sites (tertiary alicyclic amines) is 1. The molecule has 11 heteroatoms. The summed E-state index contributed by atoms with van der Waals surface area (Å²) in [7, 11) is -1.59. The Morgan fingerprint density at radius 2 is 2.15 bits per heavy atom. The van der Waals surface area contributed by atoms with Gasteiger partial charge in [0.1, 0.15) is 5.69 Å². The lowest BCUT2D eigenvalue weighted by molar-refractivity contribution is 0.0766. The van der Waals surface area contributed by atoms with Crippen molar-refractivity contribution in [2.24, 2.45) is 13.0 Å². The first-order valence-electron chi connectivity index (χ1n) is 8.83. The minimum Gasteiger partial charge on any atom is -0.339 e. The first-order valence-corrected chi connectivity index (χ1v) is 10.4. The zero-order chi connectivity index (χ0) is 19.4. The fraction of sp³-hybridized carbons (Fsp3) is 0.625. The van der Waals surface area contributed by atoms with Crippen LogP contribution in [0.3, 0.4) is 0 Å². The van der Waals surface area contributed by atoms with Crippen molar-refractivity contribution in [3.63, 3.8) is 0 Å². The van der Waals surface area contributed by atoms with E-state index in [0.717, 1.165) is 0 Å². The molecule has 146 valence electrons. The molecule has 0 aliphatic carbocycles. The normalized spacial score (nSPS) is 25.9. The molecule has 2 aliphatic rings. The second-order valence-electron chi connectivity index (χ2n) is 7.25. The van der Waals surface area contributed by atoms with E-state index in [2.05, 4.69) is 15.2 Å². The minimum absolute atomic E-state index is 0.0369. The van der Waals surface area contributed by atoms with E-state index < -0.39 is 15.4 Å². The van der Waals surface area contributed by atoms with Crippen molar-refractivity contribution in [2.45, 2.75) is 19.3 Å². The maximum absolute atomic E-state index is 12.9. The molecule has 27 heavy (non-hydrogen) atoms. The van der Waals surface area contributed by atoms with E-state index in [1.54, 1.807) is 42.7 Å². The van der Waals surface area contributed by atoms with E-state index in [4.69, 9.17) is 4.52 Å². The van der Waals surface area contributed by atoms with Gasteiger partial charge in [0.2, 0.25) is 15.9 Å². The molecule has 2 fully saturated rings. The molecule has 0 bridgehead atoms. The summed E-state index contributed by atoms with van der Waals surface area (Å²) in [6, 6.07) is 1.67. The van der Waals surface area contributed by atoms with Gasteiger partial charge in [-0.05, 0) is 19.9 Å². The van der Waals surface area contributed by atoms with Crippen LogP contribution in [0.1, 0.15) is 29.1 Å². The third-order valence-corrected chi connectivity index (χ3v) is 7.30. The number of amides is 1. The summed E-state index contributed by atoms with van der Waals surface area (Å²) < 4.78 is 33.3. The van der Waals surface area contributed by atoms with Crippen LogP contribution >= 0.6 is 0 Å². The highest BCUT2D eigenvalue weighted by Crippen LogP contribution is 2.45. The molecule has 0 spiro atoms. The van der Waals surface area contributed by atoms with Crippen molar-refractivity contribution in [2.75, 3.05) is 31.9 Å². The first kappa shape index (κ1) is 18.1. The average Bonchev–Trinajstić information content (AvgIpc) is 3.36. The van der Waals surface area contributed by atoms with Crippen molar-refractivity contribution < 1.29 is 17.7 Å². The molecule has 0 aromatic carbocycles. The number of rotatable bonds is 4. The van der Waals surface area contributed by atoms with E-state index >= 15 is 0 Å². The highest BCUT2D eigenvalue weighted by atomic mass is 32.2. The van der Waals surface area contributed by atoms with Crippen LogP contribution in [-0.2, 0) is 22.5 Å². The van der Waals surface area contributed by atoms with Gasteiger partial charge in [0.15, 0.2) is 5.82 Å². The largest absolute Gasteiger partial charge is 0.339 e. The van der Waals surface area contributed by atoms with Crippen molar-refractivity contribution in [3.05, 3.63) is 29.7 Å².